The molecule has 0 heterocycles. The van der Waals surface area contributed by atoms with Crippen LogP contribution in [0, 0.1) is 0 Å². The molecule has 2 heteroatoms. The van der Waals surface area contributed by atoms with Crippen LogP contribution in [-0.4, -0.2) is 24.3 Å². The van der Waals surface area contributed by atoms with Crippen molar-refractivity contribution in [1.82, 2.24) is 5.32 Å². The number of nitrogens with one attached hydrogen (secondary N) is 1. The van der Waals surface area contributed by atoms with Gasteiger partial charge in [-0.15, -0.1) is 0 Å². The number of aliphatic hydroxyl groups is 1. The lowest BCUT2D eigenvalue weighted by Gasteiger charge is -2.09. The Bertz CT molecular complexity index is 104. The van der Waals surface area contributed by atoms with Gasteiger partial charge in [-0.25, -0.2) is 0 Å². The molecule has 2 N–H and O–H groups in total. The van der Waals surface area contributed by atoms with Gasteiger partial charge in [-0.1, -0.05) is 12.2 Å². The Hall–Kier alpha value is -0.340. The predicted molar refractivity (Wildman–Crippen MR) is 41.9 cm³/mol. The fraction of sp³-hybridized carbons (Fsp3) is 0.750. The summed E-state index contributed by atoms with van der Waals surface area (Å²) in [6, 6.07) is 0.645. The molecule has 0 aliphatic heterocycles. The normalized spacial score (nSPS) is 18.5. The van der Waals surface area contributed by atoms with Crippen molar-refractivity contribution in [2.75, 3.05) is 13.2 Å². The fourth-order valence-corrected chi connectivity index (χ4v) is 1.17. The maximum absolute atomic E-state index is 8.48. The molecule has 0 saturated carbocycles. The van der Waals surface area contributed by atoms with E-state index in [1.54, 1.807) is 0 Å². The van der Waals surface area contributed by atoms with E-state index >= 15 is 0 Å². The van der Waals surface area contributed by atoms with Gasteiger partial charge in [0.05, 0.1) is 0 Å². The summed E-state index contributed by atoms with van der Waals surface area (Å²) in [5, 5.41) is 11.8. The number of rotatable bonds is 4. The highest BCUT2D eigenvalue weighted by molar-refractivity contribution is 4.97. The Morgan fingerprint density at radius 1 is 1.40 bits per heavy atom. The first kappa shape index (κ1) is 7.76. The molecule has 0 unspecified atom stereocenters. The van der Waals surface area contributed by atoms with Gasteiger partial charge >= 0.3 is 0 Å². The van der Waals surface area contributed by atoms with E-state index < -0.39 is 0 Å². The van der Waals surface area contributed by atoms with Crippen molar-refractivity contribution in [3.8, 4) is 0 Å². The zero-order valence-corrected chi connectivity index (χ0v) is 6.21. The molecule has 1 rings (SSSR count). The second-order valence-corrected chi connectivity index (χ2v) is 2.67. The average molecular weight is 141 g/mol. The first-order valence-corrected chi connectivity index (χ1v) is 3.92. The molecule has 0 spiro atoms. The van der Waals surface area contributed by atoms with Crippen molar-refractivity contribution >= 4 is 0 Å². The van der Waals surface area contributed by atoms with Gasteiger partial charge in [0, 0.05) is 12.6 Å². The molecule has 0 aromatic heterocycles. The second-order valence-electron chi connectivity index (χ2n) is 2.67. The van der Waals surface area contributed by atoms with E-state index in [0.717, 1.165) is 25.8 Å². The molecular formula is C8H15NO. The van der Waals surface area contributed by atoms with Crippen LogP contribution in [0.25, 0.3) is 0 Å². The van der Waals surface area contributed by atoms with Crippen molar-refractivity contribution in [3.05, 3.63) is 12.2 Å². The van der Waals surface area contributed by atoms with Gasteiger partial charge in [0.1, 0.15) is 0 Å². The van der Waals surface area contributed by atoms with Crippen LogP contribution in [0.15, 0.2) is 12.2 Å². The van der Waals surface area contributed by atoms with Crippen LogP contribution in [0.3, 0.4) is 0 Å². The van der Waals surface area contributed by atoms with Crippen LogP contribution >= 0.6 is 0 Å². The van der Waals surface area contributed by atoms with E-state index in [-0.39, 0.29) is 0 Å². The minimum absolute atomic E-state index is 0.299. The summed E-state index contributed by atoms with van der Waals surface area (Å²) in [4.78, 5) is 0. The third-order valence-corrected chi connectivity index (χ3v) is 1.78. The van der Waals surface area contributed by atoms with E-state index in [1.807, 2.05) is 0 Å². The van der Waals surface area contributed by atoms with Crippen LogP contribution in [-0.2, 0) is 0 Å². The smallest absolute Gasteiger partial charge is 0.0443 e. The zero-order chi connectivity index (χ0) is 7.23. The molecule has 1 aliphatic carbocycles. The van der Waals surface area contributed by atoms with Crippen LogP contribution in [0.1, 0.15) is 19.3 Å². The van der Waals surface area contributed by atoms with Gasteiger partial charge in [0.2, 0.25) is 0 Å². The molecule has 0 atom stereocenters. The lowest BCUT2D eigenvalue weighted by molar-refractivity contribution is 0.283. The summed E-state index contributed by atoms with van der Waals surface area (Å²) < 4.78 is 0. The first-order chi connectivity index (χ1) is 4.93. The van der Waals surface area contributed by atoms with E-state index in [0.29, 0.717) is 12.6 Å². The third-order valence-electron chi connectivity index (χ3n) is 1.78. The Morgan fingerprint density at radius 3 is 2.70 bits per heavy atom. The largest absolute Gasteiger partial charge is 0.396 e. The molecule has 0 fully saturated rings. The molecule has 0 amide bonds. The summed E-state index contributed by atoms with van der Waals surface area (Å²) in [7, 11) is 0. The lowest BCUT2D eigenvalue weighted by Crippen LogP contribution is -2.27. The SMILES string of the molecule is OCCCNC1CC=CC1. The first-order valence-electron chi connectivity index (χ1n) is 3.92. The molecular weight excluding hydrogens is 126 g/mol. The van der Waals surface area contributed by atoms with Crippen LogP contribution < -0.4 is 5.32 Å². The van der Waals surface area contributed by atoms with Crippen molar-refractivity contribution in [1.29, 1.82) is 0 Å². The van der Waals surface area contributed by atoms with Crippen molar-refractivity contribution in [3.63, 3.8) is 0 Å². The molecule has 0 radical (unpaired) electrons. The average Bonchev–Trinajstić information content (AvgIpc) is 2.41. The quantitative estimate of drug-likeness (QED) is 0.445. The summed E-state index contributed by atoms with van der Waals surface area (Å²) in [6.45, 7) is 1.25. The number of hydrogen-bond acceptors (Lipinski definition) is 2. The van der Waals surface area contributed by atoms with Crippen molar-refractivity contribution in [2.24, 2.45) is 0 Å². The molecule has 0 aromatic rings. The summed E-state index contributed by atoms with van der Waals surface area (Å²) in [5.41, 5.74) is 0. The molecule has 2 nitrogen and oxygen atoms in total. The van der Waals surface area contributed by atoms with E-state index in [1.165, 1.54) is 0 Å². The zero-order valence-electron chi connectivity index (χ0n) is 6.21. The Labute approximate surface area is 61.9 Å². The third kappa shape index (κ3) is 2.50. The molecule has 58 valence electrons. The molecule has 1 aliphatic rings. The van der Waals surface area contributed by atoms with Gasteiger partial charge in [-0.05, 0) is 25.8 Å². The maximum atomic E-state index is 8.48. The van der Waals surface area contributed by atoms with Gasteiger partial charge in [-0.3, -0.25) is 0 Å². The number of aliphatic hydroxyl groups excluding tert-OH is 1. The van der Waals surface area contributed by atoms with Crippen LogP contribution in [0.2, 0.25) is 0 Å². The summed E-state index contributed by atoms with van der Waals surface area (Å²) in [5.74, 6) is 0. The van der Waals surface area contributed by atoms with Crippen molar-refractivity contribution < 1.29 is 5.11 Å². The van der Waals surface area contributed by atoms with E-state index in [4.69, 9.17) is 5.11 Å². The van der Waals surface area contributed by atoms with Crippen LogP contribution in [0.4, 0.5) is 0 Å². The lowest BCUT2D eigenvalue weighted by atomic mass is 10.2. The minimum Gasteiger partial charge on any atom is -0.396 e. The number of hydrogen-bond donors (Lipinski definition) is 2. The Balaban J connectivity index is 1.93. The van der Waals surface area contributed by atoms with E-state index in [2.05, 4.69) is 17.5 Å². The highest BCUT2D eigenvalue weighted by Crippen LogP contribution is 2.08. The Morgan fingerprint density at radius 2 is 2.10 bits per heavy atom. The maximum Gasteiger partial charge on any atom is 0.0443 e. The highest BCUT2D eigenvalue weighted by atomic mass is 16.3. The molecule has 0 saturated heterocycles. The van der Waals surface area contributed by atoms with Crippen LogP contribution in [0.5, 0.6) is 0 Å². The molecule has 10 heavy (non-hydrogen) atoms. The van der Waals surface area contributed by atoms with Gasteiger partial charge in [0.25, 0.3) is 0 Å². The molecule has 0 bridgehead atoms. The second kappa shape index (κ2) is 4.47. The standard InChI is InChI=1S/C8H15NO/c10-7-3-6-9-8-4-1-2-5-8/h1-2,8-10H,3-7H2. The topological polar surface area (TPSA) is 32.3 Å². The monoisotopic (exact) mass is 141 g/mol. The summed E-state index contributed by atoms with van der Waals surface area (Å²) >= 11 is 0. The van der Waals surface area contributed by atoms with E-state index in [9.17, 15) is 0 Å². The van der Waals surface area contributed by atoms with Gasteiger partial charge in [0.15, 0.2) is 0 Å². The minimum atomic E-state index is 0.299. The fourth-order valence-electron chi connectivity index (χ4n) is 1.17. The summed E-state index contributed by atoms with van der Waals surface area (Å²) in [6.07, 6.45) is 7.60. The predicted octanol–water partition coefficient (Wildman–Crippen LogP) is 0.677. The van der Waals surface area contributed by atoms with Gasteiger partial charge in [-0.2, -0.15) is 0 Å². The highest BCUT2D eigenvalue weighted by Gasteiger charge is 2.07. The van der Waals surface area contributed by atoms with Gasteiger partial charge < -0.3 is 10.4 Å². The van der Waals surface area contributed by atoms with Crippen molar-refractivity contribution in [2.45, 2.75) is 25.3 Å². The molecule has 0 aromatic carbocycles. The Kier molecular flexibility index (Phi) is 3.47.